The zero-order chi connectivity index (χ0) is 18.2. The number of rotatable bonds is 8. The monoisotopic (exact) mass is 423 g/mol. The highest BCUT2D eigenvalue weighted by atomic mass is 79.9. The first-order valence-electron chi connectivity index (χ1n) is 9.62. The van der Waals surface area contributed by atoms with Gasteiger partial charge in [0.1, 0.15) is 0 Å². The van der Waals surface area contributed by atoms with Gasteiger partial charge in [-0.25, -0.2) is 0 Å². The highest BCUT2D eigenvalue weighted by Gasteiger charge is 2.45. The fourth-order valence-electron chi connectivity index (χ4n) is 3.43. The Morgan fingerprint density at radius 1 is 1.27 bits per heavy atom. The van der Waals surface area contributed by atoms with Crippen molar-refractivity contribution in [3.05, 3.63) is 34.3 Å². The van der Waals surface area contributed by atoms with E-state index in [1.807, 2.05) is 7.05 Å². The van der Waals surface area contributed by atoms with Gasteiger partial charge in [-0.1, -0.05) is 34.1 Å². The molecule has 2 N–H and O–H groups in total. The Kier molecular flexibility index (Phi) is 7.34. The standard InChI is InChI=1S/C20H30BrN3O2/c1-22-19(23-11-4-12-26-16-7-13-25-14-8-16)24-15-20(9-10-20)17-5-2-3-6-18(17)21/h2-3,5-6,16H,4,7-15H2,1H3,(H2,22,23,24). The van der Waals surface area contributed by atoms with Crippen molar-refractivity contribution in [2.45, 2.75) is 43.6 Å². The van der Waals surface area contributed by atoms with E-state index in [4.69, 9.17) is 9.47 Å². The molecule has 26 heavy (non-hydrogen) atoms. The topological polar surface area (TPSA) is 54.9 Å². The first-order chi connectivity index (χ1) is 12.7. The highest BCUT2D eigenvalue weighted by Crippen LogP contribution is 2.49. The van der Waals surface area contributed by atoms with E-state index >= 15 is 0 Å². The molecule has 1 aliphatic heterocycles. The van der Waals surface area contributed by atoms with Crippen LogP contribution >= 0.6 is 15.9 Å². The van der Waals surface area contributed by atoms with Crippen molar-refractivity contribution in [3.63, 3.8) is 0 Å². The second-order valence-electron chi connectivity index (χ2n) is 7.15. The maximum Gasteiger partial charge on any atom is 0.191 e. The highest BCUT2D eigenvalue weighted by molar-refractivity contribution is 9.10. The summed E-state index contributed by atoms with van der Waals surface area (Å²) in [6, 6.07) is 8.54. The van der Waals surface area contributed by atoms with Gasteiger partial charge < -0.3 is 20.1 Å². The Hall–Kier alpha value is -1.11. The van der Waals surface area contributed by atoms with Crippen LogP contribution in [0.2, 0.25) is 0 Å². The smallest absolute Gasteiger partial charge is 0.191 e. The summed E-state index contributed by atoms with van der Waals surface area (Å²) in [4.78, 5) is 4.35. The van der Waals surface area contributed by atoms with Crippen molar-refractivity contribution in [2.75, 3.05) is 40.0 Å². The van der Waals surface area contributed by atoms with Crippen molar-refractivity contribution in [1.29, 1.82) is 0 Å². The summed E-state index contributed by atoms with van der Waals surface area (Å²) in [5, 5.41) is 6.89. The van der Waals surface area contributed by atoms with Crippen LogP contribution in [0.5, 0.6) is 0 Å². The molecular weight excluding hydrogens is 394 g/mol. The van der Waals surface area contributed by atoms with Crippen molar-refractivity contribution < 1.29 is 9.47 Å². The molecule has 0 spiro atoms. The Labute approximate surface area is 165 Å². The molecule has 144 valence electrons. The lowest BCUT2D eigenvalue weighted by Gasteiger charge is -2.22. The summed E-state index contributed by atoms with van der Waals surface area (Å²) in [6.07, 6.45) is 5.84. The number of ether oxygens (including phenoxy) is 2. The van der Waals surface area contributed by atoms with E-state index in [0.29, 0.717) is 6.10 Å². The molecule has 0 bridgehead atoms. The number of aliphatic imine (C=N–C) groups is 1. The molecule has 0 aromatic heterocycles. The predicted octanol–water partition coefficient (Wildman–Crippen LogP) is 3.23. The molecule has 1 saturated carbocycles. The van der Waals surface area contributed by atoms with Crippen molar-refractivity contribution >= 4 is 21.9 Å². The minimum atomic E-state index is 0.240. The molecule has 0 radical (unpaired) electrons. The fourth-order valence-corrected chi connectivity index (χ4v) is 4.13. The second kappa shape index (κ2) is 9.72. The molecule has 0 amide bonds. The second-order valence-corrected chi connectivity index (χ2v) is 8.00. The Balaban J connectivity index is 1.35. The molecule has 1 saturated heterocycles. The molecule has 2 fully saturated rings. The molecule has 6 heteroatoms. The first kappa shape index (κ1) is 19.6. The lowest BCUT2D eigenvalue weighted by molar-refractivity contribution is -0.0320. The van der Waals surface area contributed by atoms with Crippen LogP contribution in [-0.2, 0) is 14.9 Å². The quantitative estimate of drug-likeness (QED) is 0.382. The molecular formula is C20H30BrN3O2. The fraction of sp³-hybridized carbons (Fsp3) is 0.650. The summed E-state index contributed by atoms with van der Waals surface area (Å²) >= 11 is 3.69. The third-order valence-electron chi connectivity index (χ3n) is 5.25. The van der Waals surface area contributed by atoms with Gasteiger partial charge in [0.05, 0.1) is 6.10 Å². The molecule has 1 heterocycles. The summed E-state index contributed by atoms with van der Waals surface area (Å²) in [6.45, 7) is 4.23. The summed E-state index contributed by atoms with van der Waals surface area (Å²) in [5.41, 5.74) is 1.64. The van der Waals surface area contributed by atoms with Crippen LogP contribution in [0.1, 0.15) is 37.7 Å². The van der Waals surface area contributed by atoms with Crippen LogP contribution in [0.15, 0.2) is 33.7 Å². The number of benzene rings is 1. The molecule has 3 rings (SSSR count). The number of nitrogens with one attached hydrogen (secondary N) is 2. The number of halogens is 1. The van der Waals surface area contributed by atoms with Gasteiger partial charge in [-0.05, 0) is 43.7 Å². The van der Waals surface area contributed by atoms with Gasteiger partial charge in [0, 0.05) is 49.8 Å². The van der Waals surface area contributed by atoms with Crippen molar-refractivity contribution in [2.24, 2.45) is 4.99 Å². The summed E-state index contributed by atoms with van der Waals surface area (Å²) in [5.74, 6) is 0.870. The van der Waals surface area contributed by atoms with Crippen LogP contribution < -0.4 is 10.6 Å². The van der Waals surface area contributed by atoms with Gasteiger partial charge in [-0.3, -0.25) is 4.99 Å². The molecule has 5 nitrogen and oxygen atoms in total. The molecule has 0 atom stereocenters. The van der Waals surface area contributed by atoms with E-state index in [0.717, 1.165) is 58.1 Å². The average Bonchev–Trinajstić information content (AvgIpc) is 3.46. The zero-order valence-corrected chi connectivity index (χ0v) is 17.2. The number of hydrogen-bond donors (Lipinski definition) is 2. The first-order valence-corrected chi connectivity index (χ1v) is 10.4. The largest absolute Gasteiger partial charge is 0.381 e. The normalized spacial score (nSPS) is 20.0. The van der Waals surface area contributed by atoms with Crippen LogP contribution in [0, 0.1) is 0 Å². The van der Waals surface area contributed by atoms with Crippen LogP contribution in [0.3, 0.4) is 0 Å². The van der Waals surface area contributed by atoms with Crippen molar-refractivity contribution in [3.8, 4) is 0 Å². The van der Waals surface area contributed by atoms with Gasteiger partial charge in [0.2, 0.25) is 0 Å². The lowest BCUT2D eigenvalue weighted by atomic mass is 9.96. The number of guanidine groups is 1. The Bertz CT molecular complexity index is 598. The van der Waals surface area contributed by atoms with Gasteiger partial charge in [-0.15, -0.1) is 0 Å². The van der Waals surface area contributed by atoms with E-state index in [-0.39, 0.29) is 5.41 Å². The van der Waals surface area contributed by atoms with E-state index in [9.17, 15) is 0 Å². The molecule has 1 aliphatic carbocycles. The minimum Gasteiger partial charge on any atom is -0.381 e. The van der Waals surface area contributed by atoms with E-state index in [2.05, 4.69) is 55.8 Å². The maximum absolute atomic E-state index is 5.91. The Morgan fingerprint density at radius 3 is 2.73 bits per heavy atom. The Morgan fingerprint density at radius 2 is 2.04 bits per heavy atom. The molecule has 1 aromatic carbocycles. The summed E-state index contributed by atoms with van der Waals surface area (Å²) < 4.78 is 12.5. The third kappa shape index (κ3) is 5.44. The van der Waals surface area contributed by atoms with Gasteiger partial charge >= 0.3 is 0 Å². The molecule has 1 aromatic rings. The number of nitrogens with zero attached hydrogens (tertiary/aromatic N) is 1. The minimum absolute atomic E-state index is 0.240. The van der Waals surface area contributed by atoms with Crippen LogP contribution in [0.25, 0.3) is 0 Å². The SMILES string of the molecule is CN=C(NCCCOC1CCOCC1)NCC1(c2ccccc2Br)CC1. The number of hydrogen-bond acceptors (Lipinski definition) is 3. The lowest BCUT2D eigenvalue weighted by Crippen LogP contribution is -2.41. The van der Waals surface area contributed by atoms with Crippen molar-refractivity contribution in [1.82, 2.24) is 10.6 Å². The van der Waals surface area contributed by atoms with Crippen LogP contribution in [-0.4, -0.2) is 52.0 Å². The summed E-state index contributed by atoms with van der Waals surface area (Å²) in [7, 11) is 1.83. The maximum atomic E-state index is 5.91. The predicted molar refractivity (Wildman–Crippen MR) is 109 cm³/mol. The molecule has 2 aliphatic rings. The molecule has 0 unspecified atom stereocenters. The van der Waals surface area contributed by atoms with Gasteiger partial charge in [0.15, 0.2) is 5.96 Å². The third-order valence-corrected chi connectivity index (χ3v) is 5.94. The van der Waals surface area contributed by atoms with E-state index in [1.165, 1.54) is 22.9 Å². The zero-order valence-electron chi connectivity index (χ0n) is 15.6. The van der Waals surface area contributed by atoms with E-state index < -0.39 is 0 Å². The van der Waals surface area contributed by atoms with Gasteiger partial charge in [0.25, 0.3) is 0 Å². The van der Waals surface area contributed by atoms with Crippen LogP contribution in [0.4, 0.5) is 0 Å². The van der Waals surface area contributed by atoms with Gasteiger partial charge in [-0.2, -0.15) is 0 Å². The van der Waals surface area contributed by atoms with E-state index in [1.54, 1.807) is 0 Å². The average molecular weight is 424 g/mol.